The Balaban J connectivity index is 1.29. The number of hydrogen-bond acceptors (Lipinski definition) is 5. The van der Waals surface area contributed by atoms with Gasteiger partial charge in [-0.15, -0.1) is 0 Å². The van der Waals surface area contributed by atoms with Crippen molar-refractivity contribution < 1.29 is 13.7 Å². The van der Waals surface area contributed by atoms with Crippen LogP contribution in [0.4, 0.5) is 4.39 Å². The minimum Gasteiger partial charge on any atom is -0.355 e. The number of benzene rings is 1. The molecule has 1 aromatic heterocycles. The summed E-state index contributed by atoms with van der Waals surface area (Å²) in [6.07, 6.45) is 8.31. The lowest BCUT2D eigenvalue weighted by Gasteiger charge is -2.30. The molecule has 0 spiro atoms. The van der Waals surface area contributed by atoms with Gasteiger partial charge in [0.15, 0.2) is 0 Å². The second kappa shape index (κ2) is 9.48. The molecular formula is C22H29FN4O2. The molecule has 156 valence electrons. The van der Waals surface area contributed by atoms with Crippen molar-refractivity contribution in [3.05, 3.63) is 36.0 Å². The Kier molecular flexibility index (Phi) is 6.54. The molecule has 2 aliphatic rings. The van der Waals surface area contributed by atoms with Crippen molar-refractivity contribution in [1.82, 2.24) is 20.4 Å². The quantitative estimate of drug-likeness (QED) is 0.800. The van der Waals surface area contributed by atoms with E-state index in [2.05, 4.69) is 20.4 Å². The summed E-state index contributed by atoms with van der Waals surface area (Å²) in [5.41, 5.74) is 0.606. The van der Waals surface area contributed by atoms with Crippen LogP contribution in [0.3, 0.4) is 0 Å². The molecule has 0 bridgehead atoms. The van der Waals surface area contributed by atoms with Crippen LogP contribution in [0.1, 0.15) is 56.8 Å². The second-order valence-corrected chi connectivity index (χ2v) is 8.35. The number of carbonyl (C=O) groups is 1. The maximum Gasteiger partial charge on any atom is 0.234 e. The molecule has 1 aliphatic heterocycles. The summed E-state index contributed by atoms with van der Waals surface area (Å²) in [4.78, 5) is 19.0. The molecular weight excluding hydrogens is 371 g/mol. The highest BCUT2D eigenvalue weighted by molar-refractivity contribution is 5.78. The highest BCUT2D eigenvalue weighted by Gasteiger charge is 2.27. The number of likely N-dealkylation sites (tertiary alicyclic amines) is 1. The van der Waals surface area contributed by atoms with Gasteiger partial charge in [-0.05, 0) is 50.3 Å². The van der Waals surface area contributed by atoms with E-state index in [1.54, 1.807) is 12.1 Å². The maximum absolute atomic E-state index is 13.4. The zero-order valence-corrected chi connectivity index (χ0v) is 16.8. The first-order valence-corrected chi connectivity index (χ1v) is 10.8. The topological polar surface area (TPSA) is 71.3 Å². The van der Waals surface area contributed by atoms with E-state index in [4.69, 9.17) is 4.52 Å². The Labute approximate surface area is 170 Å². The third kappa shape index (κ3) is 5.41. The summed E-state index contributed by atoms with van der Waals surface area (Å²) in [5.74, 6) is 1.49. The van der Waals surface area contributed by atoms with Gasteiger partial charge in [0.1, 0.15) is 5.82 Å². The van der Waals surface area contributed by atoms with Gasteiger partial charge in [-0.1, -0.05) is 36.6 Å². The molecule has 4 rings (SSSR count). The molecule has 2 aromatic rings. The van der Waals surface area contributed by atoms with E-state index in [0.29, 0.717) is 29.7 Å². The van der Waals surface area contributed by atoms with Crippen LogP contribution in [-0.4, -0.2) is 47.1 Å². The summed E-state index contributed by atoms with van der Waals surface area (Å²) in [5, 5.41) is 7.14. The average molecular weight is 400 g/mol. The van der Waals surface area contributed by atoms with Gasteiger partial charge in [0, 0.05) is 18.7 Å². The Hall–Kier alpha value is -2.28. The summed E-state index contributed by atoms with van der Waals surface area (Å²) in [6, 6.07) is 6.19. The molecule has 7 heteroatoms. The number of hydrogen-bond donors (Lipinski definition) is 1. The number of aromatic nitrogens is 2. The van der Waals surface area contributed by atoms with Crippen molar-refractivity contribution in [2.24, 2.45) is 5.92 Å². The van der Waals surface area contributed by atoms with Crippen LogP contribution in [0.25, 0.3) is 11.4 Å². The van der Waals surface area contributed by atoms with Crippen LogP contribution < -0.4 is 5.32 Å². The van der Waals surface area contributed by atoms with Crippen molar-refractivity contribution in [3.8, 4) is 11.4 Å². The fourth-order valence-electron chi connectivity index (χ4n) is 4.45. The molecule has 1 aliphatic carbocycles. The summed E-state index contributed by atoms with van der Waals surface area (Å²) >= 11 is 0. The lowest BCUT2D eigenvalue weighted by atomic mass is 9.89. The number of piperidine rings is 1. The zero-order valence-electron chi connectivity index (χ0n) is 16.8. The van der Waals surface area contributed by atoms with Crippen molar-refractivity contribution in [2.75, 3.05) is 26.2 Å². The third-order valence-corrected chi connectivity index (χ3v) is 6.06. The normalized spacial score (nSPS) is 21.2. The first-order valence-electron chi connectivity index (χ1n) is 10.8. The maximum atomic E-state index is 13.4. The van der Waals surface area contributed by atoms with Crippen LogP contribution in [0.15, 0.2) is 28.8 Å². The summed E-state index contributed by atoms with van der Waals surface area (Å²) < 4.78 is 18.9. The van der Waals surface area contributed by atoms with Crippen LogP contribution in [0.2, 0.25) is 0 Å². The van der Waals surface area contributed by atoms with Crippen LogP contribution in [0, 0.1) is 11.7 Å². The van der Waals surface area contributed by atoms with Crippen LogP contribution in [-0.2, 0) is 4.79 Å². The van der Waals surface area contributed by atoms with E-state index in [9.17, 15) is 9.18 Å². The molecule has 0 radical (unpaired) electrons. The number of halogens is 1. The summed E-state index contributed by atoms with van der Waals surface area (Å²) in [6.45, 7) is 2.84. The molecule has 1 atom stereocenters. The van der Waals surface area contributed by atoms with Gasteiger partial charge in [0.25, 0.3) is 0 Å². The Morgan fingerprint density at radius 3 is 2.90 bits per heavy atom. The third-order valence-electron chi connectivity index (χ3n) is 6.06. The SMILES string of the molecule is O=C(CN1CCCC(c2nc(-c3cccc(F)c3)no2)C1)NCC1CCCCC1. The second-order valence-electron chi connectivity index (χ2n) is 8.35. The first-order chi connectivity index (χ1) is 14.2. The standard InChI is InChI=1S/C22H29FN4O2/c23-19-10-4-8-17(12-19)21-25-22(29-26-21)18-9-5-11-27(14-18)15-20(28)24-13-16-6-2-1-3-7-16/h4,8,10,12,16,18H,1-3,5-7,9,11,13-15H2,(H,24,28). The molecule has 2 heterocycles. The van der Waals surface area contributed by atoms with Gasteiger partial charge in [-0.25, -0.2) is 4.39 Å². The minimum atomic E-state index is -0.322. The lowest BCUT2D eigenvalue weighted by molar-refractivity contribution is -0.122. The molecule has 1 saturated heterocycles. The van der Waals surface area contributed by atoms with Crippen molar-refractivity contribution in [3.63, 3.8) is 0 Å². The first kappa shape index (κ1) is 20.0. The highest BCUT2D eigenvalue weighted by atomic mass is 19.1. The number of nitrogens with zero attached hydrogens (tertiary/aromatic N) is 3. The average Bonchev–Trinajstić information content (AvgIpc) is 3.24. The predicted molar refractivity (Wildman–Crippen MR) is 108 cm³/mol. The van der Waals surface area contributed by atoms with E-state index in [0.717, 1.165) is 32.5 Å². The van der Waals surface area contributed by atoms with E-state index >= 15 is 0 Å². The molecule has 6 nitrogen and oxygen atoms in total. The van der Waals surface area contributed by atoms with Crippen LogP contribution in [0.5, 0.6) is 0 Å². The number of amides is 1. The highest BCUT2D eigenvalue weighted by Crippen LogP contribution is 2.28. The zero-order chi connectivity index (χ0) is 20.1. The van der Waals surface area contributed by atoms with E-state index in [-0.39, 0.29) is 17.6 Å². The molecule has 1 aromatic carbocycles. The van der Waals surface area contributed by atoms with E-state index in [1.165, 1.54) is 44.2 Å². The lowest BCUT2D eigenvalue weighted by Crippen LogP contribution is -2.43. The van der Waals surface area contributed by atoms with E-state index in [1.807, 2.05) is 0 Å². The fourth-order valence-corrected chi connectivity index (χ4v) is 4.45. The van der Waals surface area contributed by atoms with Crippen molar-refractivity contribution in [2.45, 2.75) is 50.9 Å². The smallest absolute Gasteiger partial charge is 0.234 e. The summed E-state index contributed by atoms with van der Waals surface area (Å²) in [7, 11) is 0. The monoisotopic (exact) mass is 400 g/mol. The van der Waals surface area contributed by atoms with Gasteiger partial charge in [0.05, 0.1) is 12.5 Å². The fraction of sp³-hybridized carbons (Fsp3) is 0.591. The number of rotatable bonds is 6. The molecule has 29 heavy (non-hydrogen) atoms. The Morgan fingerprint density at radius 2 is 2.07 bits per heavy atom. The van der Waals surface area contributed by atoms with Crippen molar-refractivity contribution >= 4 is 5.91 Å². The van der Waals surface area contributed by atoms with Gasteiger partial charge < -0.3 is 9.84 Å². The van der Waals surface area contributed by atoms with Gasteiger partial charge in [0.2, 0.25) is 17.6 Å². The van der Waals surface area contributed by atoms with E-state index < -0.39 is 0 Å². The van der Waals surface area contributed by atoms with Gasteiger partial charge in [-0.3, -0.25) is 9.69 Å². The Bertz CT molecular complexity index is 819. The number of nitrogens with one attached hydrogen (secondary N) is 1. The molecule has 1 unspecified atom stereocenters. The minimum absolute atomic E-state index is 0.0993. The Morgan fingerprint density at radius 1 is 1.21 bits per heavy atom. The number of carbonyl (C=O) groups excluding carboxylic acids is 1. The molecule has 1 N–H and O–H groups in total. The molecule has 1 saturated carbocycles. The van der Waals surface area contributed by atoms with Crippen LogP contribution >= 0.6 is 0 Å². The molecule has 2 fully saturated rings. The van der Waals surface area contributed by atoms with Gasteiger partial charge in [-0.2, -0.15) is 4.98 Å². The molecule has 1 amide bonds. The predicted octanol–water partition coefficient (Wildman–Crippen LogP) is 3.75. The largest absolute Gasteiger partial charge is 0.355 e. The van der Waals surface area contributed by atoms with Gasteiger partial charge >= 0.3 is 0 Å². The van der Waals surface area contributed by atoms with Crippen molar-refractivity contribution in [1.29, 1.82) is 0 Å².